The molecule has 0 amide bonds. The number of ether oxygens (including phenoxy) is 1. The van der Waals surface area contributed by atoms with Gasteiger partial charge >= 0.3 is 0 Å². The molecule has 0 radical (unpaired) electrons. The average Bonchev–Trinajstić information content (AvgIpc) is 2.80. The lowest BCUT2D eigenvalue weighted by atomic mass is 10.1. The largest absolute Gasteiger partial charge is 0.771 e. The summed E-state index contributed by atoms with van der Waals surface area (Å²) in [5.74, 6) is 0.171. The number of benzene rings is 1. The van der Waals surface area contributed by atoms with Crippen LogP contribution in [0.15, 0.2) is 18.2 Å². The maximum Gasteiger partial charge on any atom is 0.172 e. The van der Waals surface area contributed by atoms with Crippen LogP contribution in [0.5, 0.6) is 5.75 Å². The van der Waals surface area contributed by atoms with Crippen molar-refractivity contribution in [1.82, 2.24) is 14.9 Å². The Morgan fingerprint density at radius 3 is 2.51 bits per heavy atom. The first kappa shape index (κ1) is 25.7. The molecule has 2 aliphatic heterocycles. The topological polar surface area (TPSA) is 93.7 Å². The molecular weight excluding hydrogens is 476 g/mol. The van der Waals surface area contributed by atoms with E-state index in [4.69, 9.17) is 14.7 Å². The smallest absolute Gasteiger partial charge is 0.172 e. The minimum absolute atomic E-state index is 0.0621. The quantitative estimate of drug-likeness (QED) is 0.567. The molecule has 1 fully saturated rings. The zero-order chi connectivity index (χ0) is 25.3. The SMILES string of the molecule is CC(C)Nc1nc2c(nc1N1CCC(Oc3ccc(F)cc3F)CC1)CCN(C(C)(C)S(=O)[O-])C2. The fourth-order valence-electron chi connectivity index (χ4n) is 4.41. The highest BCUT2D eigenvalue weighted by Crippen LogP contribution is 2.32. The number of hydrogen-bond acceptors (Lipinski definition) is 8. The van der Waals surface area contributed by atoms with Crippen LogP contribution in [0.25, 0.3) is 0 Å². The van der Waals surface area contributed by atoms with Crippen molar-refractivity contribution >= 4 is 22.7 Å². The van der Waals surface area contributed by atoms with Crippen molar-refractivity contribution < 1.29 is 22.3 Å². The van der Waals surface area contributed by atoms with Gasteiger partial charge in [-0.25, -0.2) is 18.7 Å². The summed E-state index contributed by atoms with van der Waals surface area (Å²) >= 11 is -2.24. The Kier molecular flexibility index (Phi) is 7.58. The van der Waals surface area contributed by atoms with Crippen LogP contribution in [0, 0.1) is 11.6 Å². The predicted octanol–water partition coefficient (Wildman–Crippen LogP) is 3.60. The van der Waals surface area contributed by atoms with Crippen LogP contribution in [0.2, 0.25) is 0 Å². The van der Waals surface area contributed by atoms with E-state index in [0.717, 1.165) is 23.3 Å². The Morgan fingerprint density at radius 2 is 1.89 bits per heavy atom. The maximum absolute atomic E-state index is 14.0. The third-order valence-electron chi connectivity index (χ3n) is 6.52. The lowest BCUT2D eigenvalue weighted by Crippen LogP contribution is -2.49. The summed E-state index contributed by atoms with van der Waals surface area (Å²) in [6.45, 7) is 9.74. The van der Waals surface area contributed by atoms with E-state index in [-0.39, 0.29) is 17.9 Å². The number of halogens is 2. The van der Waals surface area contributed by atoms with Gasteiger partial charge in [0.05, 0.1) is 16.3 Å². The summed E-state index contributed by atoms with van der Waals surface area (Å²) in [5, 5.41) is 3.39. The van der Waals surface area contributed by atoms with Crippen molar-refractivity contribution in [2.24, 2.45) is 0 Å². The minimum Gasteiger partial charge on any atom is -0.771 e. The van der Waals surface area contributed by atoms with Crippen molar-refractivity contribution in [3.63, 3.8) is 0 Å². The van der Waals surface area contributed by atoms with Gasteiger partial charge in [-0.05, 0) is 50.9 Å². The maximum atomic E-state index is 14.0. The number of nitrogens with one attached hydrogen (secondary N) is 1. The Balaban J connectivity index is 1.50. The van der Waals surface area contributed by atoms with Gasteiger partial charge in [-0.3, -0.25) is 9.11 Å². The first-order valence-corrected chi connectivity index (χ1v) is 13.0. The number of anilines is 2. The van der Waals surface area contributed by atoms with Gasteiger partial charge in [-0.2, -0.15) is 0 Å². The number of hydrogen-bond donors (Lipinski definition) is 1. The Morgan fingerprint density at radius 1 is 1.17 bits per heavy atom. The second kappa shape index (κ2) is 10.3. The van der Waals surface area contributed by atoms with E-state index in [1.165, 1.54) is 12.1 Å². The Bertz CT molecular complexity index is 1090. The molecule has 35 heavy (non-hydrogen) atoms. The van der Waals surface area contributed by atoms with Crippen molar-refractivity contribution in [2.45, 2.75) is 70.5 Å². The van der Waals surface area contributed by atoms with Crippen molar-refractivity contribution in [2.75, 3.05) is 29.9 Å². The predicted molar refractivity (Wildman–Crippen MR) is 130 cm³/mol. The zero-order valence-electron chi connectivity index (χ0n) is 20.5. The van der Waals surface area contributed by atoms with E-state index in [0.29, 0.717) is 51.3 Å². The van der Waals surface area contributed by atoms with Crippen LogP contribution in [0.4, 0.5) is 20.4 Å². The molecule has 0 aliphatic carbocycles. The summed E-state index contributed by atoms with van der Waals surface area (Å²) in [6.07, 6.45) is 1.76. The van der Waals surface area contributed by atoms with E-state index in [9.17, 15) is 17.5 Å². The molecule has 1 atom stereocenters. The van der Waals surface area contributed by atoms with E-state index >= 15 is 0 Å². The summed E-state index contributed by atoms with van der Waals surface area (Å²) in [5.41, 5.74) is 1.66. The summed E-state index contributed by atoms with van der Waals surface area (Å²) in [4.78, 5) is 12.9. The van der Waals surface area contributed by atoms with Crippen molar-refractivity contribution in [3.05, 3.63) is 41.2 Å². The van der Waals surface area contributed by atoms with Crippen LogP contribution in [-0.2, 0) is 24.0 Å². The Hall–Kier alpha value is -2.37. The van der Waals surface area contributed by atoms with E-state index in [1.54, 1.807) is 13.8 Å². The lowest BCUT2D eigenvalue weighted by molar-refractivity contribution is 0.160. The van der Waals surface area contributed by atoms with Gasteiger partial charge < -0.3 is 19.5 Å². The molecule has 3 heterocycles. The fraction of sp³-hybridized carbons (Fsp3) is 0.583. The second-order valence-electron chi connectivity index (χ2n) is 9.82. The molecule has 1 aromatic carbocycles. The second-order valence-corrected chi connectivity index (χ2v) is 11.3. The number of aromatic nitrogens is 2. The van der Waals surface area contributed by atoms with Crippen LogP contribution < -0.4 is 15.0 Å². The number of rotatable bonds is 7. The number of fused-ring (bicyclic) bond motifs is 1. The molecule has 11 heteroatoms. The van der Waals surface area contributed by atoms with Crippen molar-refractivity contribution in [3.8, 4) is 5.75 Å². The summed E-state index contributed by atoms with van der Waals surface area (Å²) in [7, 11) is 0. The third-order valence-corrected chi connectivity index (χ3v) is 7.59. The monoisotopic (exact) mass is 508 g/mol. The standard InChI is InChI=1S/C24H33F2N5O3S/c1-15(2)27-22-23(29-19-9-12-31(14-20(19)28-22)24(3,4)35(32)33)30-10-7-17(8-11-30)34-21-6-5-16(25)13-18(21)26/h5-6,13,15,17H,7-12,14H2,1-4H3,(H,27,28)(H,32,33)/p-1. The molecule has 8 nitrogen and oxygen atoms in total. The average molecular weight is 509 g/mol. The highest BCUT2D eigenvalue weighted by Gasteiger charge is 2.33. The highest BCUT2D eigenvalue weighted by molar-refractivity contribution is 7.80. The molecule has 2 aliphatic rings. The molecule has 1 N–H and O–H groups in total. The van der Waals surface area contributed by atoms with Crippen molar-refractivity contribution in [1.29, 1.82) is 0 Å². The molecule has 4 rings (SSSR count). The Labute approximate surface area is 207 Å². The molecule has 1 aromatic heterocycles. The molecule has 2 aromatic rings. The lowest BCUT2D eigenvalue weighted by Gasteiger charge is -2.42. The molecule has 0 saturated carbocycles. The van der Waals surface area contributed by atoms with E-state index < -0.39 is 27.6 Å². The first-order chi connectivity index (χ1) is 16.5. The van der Waals surface area contributed by atoms with Gasteiger partial charge in [0.1, 0.15) is 11.9 Å². The summed E-state index contributed by atoms with van der Waals surface area (Å²) < 4.78 is 56.4. The first-order valence-electron chi connectivity index (χ1n) is 11.9. The van der Waals surface area contributed by atoms with Gasteiger partial charge in [-0.15, -0.1) is 0 Å². The molecule has 1 unspecified atom stereocenters. The van der Waals surface area contributed by atoms with Gasteiger partial charge in [0.15, 0.2) is 23.2 Å². The molecule has 0 bridgehead atoms. The molecule has 1 saturated heterocycles. The molecule has 192 valence electrons. The molecular formula is C24H32F2N5O3S-. The van der Waals surface area contributed by atoms with Gasteiger partial charge in [0, 0.05) is 57.5 Å². The molecule has 0 spiro atoms. The normalized spacial score (nSPS) is 18.5. The van der Waals surface area contributed by atoms with Crippen LogP contribution >= 0.6 is 0 Å². The van der Waals surface area contributed by atoms with Crippen LogP contribution in [0.3, 0.4) is 0 Å². The van der Waals surface area contributed by atoms with Gasteiger partial charge in [-0.1, -0.05) is 0 Å². The zero-order valence-corrected chi connectivity index (χ0v) is 21.3. The number of nitrogens with zero attached hydrogens (tertiary/aromatic N) is 4. The number of piperidine rings is 1. The van der Waals surface area contributed by atoms with Crippen LogP contribution in [-0.4, -0.2) is 60.3 Å². The van der Waals surface area contributed by atoms with Gasteiger partial charge in [0.25, 0.3) is 0 Å². The van der Waals surface area contributed by atoms with E-state index in [2.05, 4.69) is 10.2 Å². The third kappa shape index (κ3) is 5.73. The van der Waals surface area contributed by atoms with Gasteiger partial charge in [0.2, 0.25) is 0 Å². The highest BCUT2D eigenvalue weighted by atomic mass is 32.2. The fourth-order valence-corrected chi connectivity index (χ4v) is 4.78. The summed E-state index contributed by atoms with van der Waals surface area (Å²) in [6, 6.07) is 3.48. The van der Waals surface area contributed by atoms with E-state index in [1.807, 2.05) is 18.7 Å². The van der Waals surface area contributed by atoms with Crippen LogP contribution in [0.1, 0.15) is 51.9 Å². The minimum atomic E-state index is -2.24.